The van der Waals surface area contributed by atoms with Crippen LogP contribution in [-0.4, -0.2) is 35.4 Å². The first-order valence-corrected chi connectivity index (χ1v) is 9.80. The fraction of sp³-hybridized carbons (Fsp3) is 0.348. The van der Waals surface area contributed by atoms with Gasteiger partial charge in [0.05, 0.1) is 0 Å². The summed E-state index contributed by atoms with van der Waals surface area (Å²) in [5.74, 6) is -1.31. The highest BCUT2D eigenvalue weighted by atomic mass is 16.5. The van der Waals surface area contributed by atoms with Gasteiger partial charge in [-0.15, -0.1) is 0 Å². The zero-order chi connectivity index (χ0) is 20.9. The van der Waals surface area contributed by atoms with E-state index in [1.165, 1.54) is 0 Å². The maximum Gasteiger partial charge on any atom is 0.320 e. The van der Waals surface area contributed by atoms with E-state index in [0.717, 1.165) is 5.56 Å². The summed E-state index contributed by atoms with van der Waals surface area (Å²) < 4.78 is 5.21. The fourth-order valence-corrected chi connectivity index (χ4v) is 2.84. The molecular weight excluding hydrogens is 370 g/mol. The van der Waals surface area contributed by atoms with Gasteiger partial charge in [0.25, 0.3) is 0 Å². The van der Waals surface area contributed by atoms with E-state index in [1.54, 1.807) is 24.3 Å². The Morgan fingerprint density at radius 3 is 2.21 bits per heavy atom. The molecular formula is C23H27NO5. The lowest BCUT2D eigenvalue weighted by Crippen LogP contribution is -2.37. The van der Waals surface area contributed by atoms with Gasteiger partial charge in [-0.05, 0) is 31.4 Å². The third-order valence-corrected chi connectivity index (χ3v) is 4.49. The van der Waals surface area contributed by atoms with Gasteiger partial charge in [-0.25, -0.2) is 0 Å². The van der Waals surface area contributed by atoms with Crippen LogP contribution in [0.4, 0.5) is 0 Å². The van der Waals surface area contributed by atoms with E-state index in [9.17, 15) is 19.5 Å². The molecule has 0 radical (unpaired) electrons. The van der Waals surface area contributed by atoms with Gasteiger partial charge in [0.1, 0.15) is 12.6 Å². The van der Waals surface area contributed by atoms with Crippen LogP contribution in [0.5, 0.6) is 0 Å². The number of carboxylic acid groups (broad SMARTS) is 1. The maximum absolute atomic E-state index is 12.1. The highest BCUT2D eigenvalue weighted by Crippen LogP contribution is 2.08. The van der Waals surface area contributed by atoms with Crippen molar-refractivity contribution in [3.63, 3.8) is 0 Å². The molecule has 1 atom stereocenters. The molecule has 0 fully saturated rings. The molecule has 0 amide bonds. The number of unbranched alkanes of at least 4 members (excludes halogenated alkanes) is 1. The molecule has 1 unspecified atom stereocenters. The van der Waals surface area contributed by atoms with E-state index < -0.39 is 12.0 Å². The molecule has 0 saturated heterocycles. The molecule has 0 aromatic heterocycles. The lowest BCUT2D eigenvalue weighted by Gasteiger charge is -2.14. The second-order valence-electron chi connectivity index (χ2n) is 6.78. The van der Waals surface area contributed by atoms with Crippen LogP contribution in [0.25, 0.3) is 0 Å². The van der Waals surface area contributed by atoms with E-state index in [0.29, 0.717) is 31.4 Å². The van der Waals surface area contributed by atoms with Crippen molar-refractivity contribution in [1.82, 2.24) is 5.32 Å². The quantitative estimate of drug-likeness (QED) is 0.305. The van der Waals surface area contributed by atoms with Gasteiger partial charge in [0.2, 0.25) is 0 Å². The SMILES string of the molecule is O=C(CCCCNC(CCC(=O)c1ccccc1)C(=O)O)OCc1ccccc1. The molecule has 2 aromatic rings. The first kappa shape index (κ1) is 22.3. The summed E-state index contributed by atoms with van der Waals surface area (Å²) >= 11 is 0. The number of carbonyl (C=O) groups excluding carboxylic acids is 2. The van der Waals surface area contributed by atoms with E-state index >= 15 is 0 Å². The highest BCUT2D eigenvalue weighted by molar-refractivity contribution is 5.96. The summed E-state index contributed by atoms with van der Waals surface area (Å²) in [6, 6.07) is 17.5. The topological polar surface area (TPSA) is 92.7 Å². The first-order valence-electron chi connectivity index (χ1n) is 9.80. The number of aliphatic carboxylic acids is 1. The molecule has 0 aliphatic carbocycles. The van der Waals surface area contributed by atoms with Gasteiger partial charge in [-0.3, -0.25) is 14.4 Å². The van der Waals surface area contributed by atoms with Crippen molar-refractivity contribution in [2.75, 3.05) is 6.54 Å². The average Bonchev–Trinajstić information content (AvgIpc) is 2.75. The summed E-state index contributed by atoms with van der Waals surface area (Å²) in [5, 5.41) is 12.3. The van der Waals surface area contributed by atoms with Crippen LogP contribution in [0.3, 0.4) is 0 Å². The van der Waals surface area contributed by atoms with Gasteiger partial charge >= 0.3 is 11.9 Å². The standard InChI is InChI=1S/C23H27NO5/c25-21(19-11-5-2-6-12-19)15-14-20(23(27)28)24-16-8-7-13-22(26)29-17-18-9-3-1-4-10-18/h1-6,9-12,20,24H,7-8,13-17H2,(H,27,28). The van der Waals surface area contributed by atoms with Crippen molar-refractivity contribution in [1.29, 1.82) is 0 Å². The number of rotatable bonds is 13. The van der Waals surface area contributed by atoms with E-state index in [-0.39, 0.29) is 31.2 Å². The molecule has 0 spiro atoms. The Labute approximate surface area is 170 Å². The molecule has 0 aliphatic rings. The second kappa shape index (κ2) is 12.5. The summed E-state index contributed by atoms with van der Waals surface area (Å²) in [5.41, 5.74) is 1.53. The van der Waals surface area contributed by atoms with Crippen molar-refractivity contribution in [3.8, 4) is 0 Å². The summed E-state index contributed by atoms with van der Waals surface area (Å²) in [7, 11) is 0. The normalized spacial score (nSPS) is 11.6. The molecule has 0 aliphatic heterocycles. The summed E-state index contributed by atoms with van der Waals surface area (Å²) in [6.07, 6.45) is 1.94. The largest absolute Gasteiger partial charge is 0.480 e. The Hall–Kier alpha value is -2.99. The minimum absolute atomic E-state index is 0.0696. The number of benzene rings is 2. The van der Waals surface area contributed by atoms with E-state index in [2.05, 4.69) is 5.32 Å². The van der Waals surface area contributed by atoms with Crippen molar-refractivity contribution in [2.45, 2.75) is 44.8 Å². The van der Waals surface area contributed by atoms with E-state index in [4.69, 9.17) is 4.74 Å². The number of nitrogens with one attached hydrogen (secondary N) is 1. The summed E-state index contributed by atoms with van der Waals surface area (Å²) in [6.45, 7) is 0.719. The highest BCUT2D eigenvalue weighted by Gasteiger charge is 2.18. The molecule has 0 saturated carbocycles. The molecule has 29 heavy (non-hydrogen) atoms. The zero-order valence-corrected chi connectivity index (χ0v) is 16.4. The van der Waals surface area contributed by atoms with Crippen LogP contribution in [0.1, 0.15) is 48.0 Å². The third-order valence-electron chi connectivity index (χ3n) is 4.49. The molecule has 154 valence electrons. The van der Waals surface area contributed by atoms with Crippen LogP contribution in [-0.2, 0) is 20.9 Å². The Morgan fingerprint density at radius 2 is 1.55 bits per heavy atom. The predicted molar refractivity (Wildman–Crippen MR) is 110 cm³/mol. The Kier molecular flexibility index (Phi) is 9.59. The van der Waals surface area contributed by atoms with Crippen LogP contribution >= 0.6 is 0 Å². The number of hydrogen-bond donors (Lipinski definition) is 2. The van der Waals surface area contributed by atoms with E-state index in [1.807, 2.05) is 36.4 Å². The maximum atomic E-state index is 12.1. The molecule has 2 N–H and O–H groups in total. The van der Waals surface area contributed by atoms with Gasteiger partial charge in [-0.2, -0.15) is 0 Å². The Bertz CT molecular complexity index is 776. The van der Waals surface area contributed by atoms with Gasteiger partial charge in [0.15, 0.2) is 5.78 Å². The molecule has 0 bridgehead atoms. The summed E-state index contributed by atoms with van der Waals surface area (Å²) in [4.78, 5) is 35.3. The fourth-order valence-electron chi connectivity index (χ4n) is 2.84. The van der Waals surface area contributed by atoms with Crippen LogP contribution in [0, 0.1) is 0 Å². The van der Waals surface area contributed by atoms with Gasteiger partial charge < -0.3 is 15.2 Å². The van der Waals surface area contributed by atoms with Crippen LogP contribution < -0.4 is 5.32 Å². The Morgan fingerprint density at radius 1 is 0.897 bits per heavy atom. The molecule has 0 heterocycles. The molecule has 2 aromatic carbocycles. The zero-order valence-electron chi connectivity index (χ0n) is 16.4. The van der Waals surface area contributed by atoms with Crippen LogP contribution in [0.2, 0.25) is 0 Å². The number of hydrogen-bond acceptors (Lipinski definition) is 5. The molecule has 6 heteroatoms. The molecule has 2 rings (SSSR count). The minimum atomic E-state index is -0.979. The number of carbonyl (C=O) groups is 3. The number of ketones is 1. The van der Waals surface area contributed by atoms with Crippen molar-refractivity contribution in [2.24, 2.45) is 0 Å². The average molecular weight is 397 g/mol. The van der Waals surface area contributed by atoms with Crippen LogP contribution in [0.15, 0.2) is 60.7 Å². The van der Waals surface area contributed by atoms with Gasteiger partial charge in [-0.1, -0.05) is 60.7 Å². The lowest BCUT2D eigenvalue weighted by atomic mass is 10.0. The smallest absolute Gasteiger partial charge is 0.320 e. The lowest BCUT2D eigenvalue weighted by molar-refractivity contribution is -0.145. The van der Waals surface area contributed by atoms with Gasteiger partial charge in [0, 0.05) is 18.4 Å². The number of esters is 1. The monoisotopic (exact) mass is 397 g/mol. The van der Waals surface area contributed by atoms with Crippen molar-refractivity contribution in [3.05, 3.63) is 71.8 Å². The molecule has 6 nitrogen and oxygen atoms in total. The number of Topliss-reactive ketones (excluding diaryl/α,β-unsaturated/α-hetero) is 1. The predicted octanol–water partition coefficient (Wildman–Crippen LogP) is 3.61. The Balaban J connectivity index is 1.60. The third kappa shape index (κ3) is 8.70. The second-order valence-corrected chi connectivity index (χ2v) is 6.78. The minimum Gasteiger partial charge on any atom is -0.480 e. The number of carboxylic acids is 1. The first-order chi connectivity index (χ1) is 14.1. The number of ether oxygens (including phenoxy) is 1. The van der Waals surface area contributed by atoms with Crippen molar-refractivity contribution < 1.29 is 24.2 Å². The van der Waals surface area contributed by atoms with Crippen molar-refractivity contribution >= 4 is 17.7 Å².